The molecule has 1 amide bonds. The SMILES string of the molecule is CCOc1ccc(NC(=O)c2c(Nc3ccccc3C)sc(C(=O)c3cccc([N+](=O)[O-])c3)c2N)cc1. The number of benzene rings is 3. The van der Waals surface area contributed by atoms with Gasteiger partial charge in [-0.3, -0.25) is 19.7 Å². The molecule has 0 fully saturated rings. The van der Waals surface area contributed by atoms with Gasteiger partial charge in [-0.25, -0.2) is 0 Å². The second-order valence-electron chi connectivity index (χ2n) is 8.04. The molecule has 0 saturated carbocycles. The largest absolute Gasteiger partial charge is 0.494 e. The van der Waals surface area contributed by atoms with Crippen molar-refractivity contribution in [2.24, 2.45) is 0 Å². The van der Waals surface area contributed by atoms with Crippen LogP contribution in [0.2, 0.25) is 0 Å². The van der Waals surface area contributed by atoms with Crippen LogP contribution >= 0.6 is 11.3 Å². The number of nitrogens with two attached hydrogens (primary N) is 1. The van der Waals surface area contributed by atoms with Crippen LogP contribution < -0.4 is 21.1 Å². The first-order chi connectivity index (χ1) is 17.8. The maximum Gasteiger partial charge on any atom is 0.270 e. The second-order valence-corrected chi connectivity index (χ2v) is 9.06. The van der Waals surface area contributed by atoms with E-state index in [0.29, 0.717) is 23.0 Å². The monoisotopic (exact) mass is 516 g/mol. The molecule has 0 aliphatic heterocycles. The Labute approximate surface area is 217 Å². The third kappa shape index (κ3) is 5.60. The molecule has 4 rings (SSSR count). The van der Waals surface area contributed by atoms with E-state index in [9.17, 15) is 19.7 Å². The summed E-state index contributed by atoms with van der Waals surface area (Å²) in [5.41, 5.74) is 8.56. The Morgan fingerprint density at radius 2 is 1.78 bits per heavy atom. The Hall–Kier alpha value is -4.70. The smallest absolute Gasteiger partial charge is 0.270 e. The number of nitrogens with one attached hydrogen (secondary N) is 2. The molecule has 0 saturated heterocycles. The van der Waals surface area contributed by atoms with Gasteiger partial charge in [0.15, 0.2) is 0 Å². The fourth-order valence-corrected chi connectivity index (χ4v) is 4.74. The quantitative estimate of drug-likeness (QED) is 0.137. The number of nitrogen functional groups attached to an aromatic ring is 1. The predicted octanol–water partition coefficient (Wildman–Crippen LogP) is 6.17. The zero-order valence-corrected chi connectivity index (χ0v) is 20.9. The standard InChI is InChI=1S/C27H24N4O5S/c1-3-36-20-13-11-18(12-14-20)29-26(33)22-23(28)25(24(32)17-8-6-9-19(15-17)31(34)35)37-27(22)30-21-10-5-4-7-16(21)2/h4-15,30H,3,28H2,1-2H3,(H,29,33). The van der Waals surface area contributed by atoms with Crippen molar-refractivity contribution in [1.82, 2.24) is 0 Å². The van der Waals surface area contributed by atoms with Crippen molar-refractivity contribution >= 4 is 50.8 Å². The van der Waals surface area contributed by atoms with Crippen LogP contribution in [0, 0.1) is 17.0 Å². The number of hydrogen-bond donors (Lipinski definition) is 3. The van der Waals surface area contributed by atoms with Gasteiger partial charge in [-0.05, 0) is 49.7 Å². The highest BCUT2D eigenvalue weighted by Crippen LogP contribution is 2.40. The zero-order valence-electron chi connectivity index (χ0n) is 20.1. The normalized spacial score (nSPS) is 10.5. The molecule has 10 heteroatoms. The van der Waals surface area contributed by atoms with Crippen LogP contribution in [0.3, 0.4) is 0 Å². The molecule has 0 bridgehead atoms. The summed E-state index contributed by atoms with van der Waals surface area (Å²) in [5, 5.41) is 17.6. The molecule has 0 aliphatic carbocycles. The maximum absolute atomic E-state index is 13.4. The predicted molar refractivity (Wildman–Crippen MR) is 145 cm³/mol. The lowest BCUT2D eigenvalue weighted by Crippen LogP contribution is -2.15. The molecule has 9 nitrogen and oxygen atoms in total. The number of aryl methyl sites for hydroxylation is 1. The topological polar surface area (TPSA) is 137 Å². The highest BCUT2D eigenvalue weighted by Gasteiger charge is 2.27. The fraction of sp³-hybridized carbons (Fsp3) is 0.111. The van der Waals surface area contributed by atoms with E-state index in [-0.39, 0.29) is 27.4 Å². The number of ketones is 1. The van der Waals surface area contributed by atoms with Crippen LogP contribution in [0.5, 0.6) is 5.75 Å². The summed E-state index contributed by atoms with van der Waals surface area (Å²) in [4.78, 5) is 37.5. The third-order valence-corrected chi connectivity index (χ3v) is 6.63. The number of nitrogens with zero attached hydrogens (tertiary/aromatic N) is 1. The molecule has 0 radical (unpaired) electrons. The van der Waals surface area contributed by atoms with Crippen LogP contribution in [0.1, 0.15) is 38.1 Å². The van der Waals surface area contributed by atoms with Gasteiger partial charge in [0.25, 0.3) is 11.6 Å². The third-order valence-electron chi connectivity index (χ3n) is 5.51. The van der Waals surface area contributed by atoms with Crippen molar-refractivity contribution in [2.75, 3.05) is 23.0 Å². The summed E-state index contributed by atoms with van der Waals surface area (Å²) < 4.78 is 5.44. The number of anilines is 4. The van der Waals surface area contributed by atoms with Gasteiger partial charge < -0.3 is 21.1 Å². The molecule has 3 aromatic carbocycles. The minimum atomic E-state index is -0.574. The highest BCUT2D eigenvalue weighted by atomic mass is 32.1. The van der Waals surface area contributed by atoms with E-state index in [1.54, 1.807) is 24.3 Å². The summed E-state index contributed by atoms with van der Waals surface area (Å²) in [7, 11) is 0. The van der Waals surface area contributed by atoms with E-state index in [4.69, 9.17) is 10.5 Å². The number of rotatable bonds is 9. The summed E-state index contributed by atoms with van der Waals surface area (Å²) in [6.45, 7) is 4.31. The molecule has 1 heterocycles. The van der Waals surface area contributed by atoms with Crippen molar-refractivity contribution in [3.63, 3.8) is 0 Å². The van der Waals surface area contributed by atoms with Crippen molar-refractivity contribution < 1.29 is 19.2 Å². The first-order valence-corrected chi connectivity index (χ1v) is 12.2. The number of para-hydroxylation sites is 1. The molecule has 0 spiro atoms. The Kier molecular flexibility index (Phi) is 7.49. The minimum Gasteiger partial charge on any atom is -0.494 e. The summed E-state index contributed by atoms with van der Waals surface area (Å²) in [6, 6.07) is 19.8. The molecule has 4 N–H and O–H groups in total. The second kappa shape index (κ2) is 10.9. The van der Waals surface area contributed by atoms with Crippen LogP contribution in [-0.4, -0.2) is 23.2 Å². The van der Waals surface area contributed by atoms with Gasteiger partial charge in [-0.1, -0.05) is 30.3 Å². The van der Waals surface area contributed by atoms with Crippen LogP contribution in [-0.2, 0) is 0 Å². The fourth-order valence-electron chi connectivity index (χ4n) is 3.65. The minimum absolute atomic E-state index is 0.0129. The van der Waals surface area contributed by atoms with Gasteiger partial charge in [0.2, 0.25) is 5.78 Å². The van der Waals surface area contributed by atoms with E-state index in [1.165, 1.54) is 24.3 Å². The van der Waals surface area contributed by atoms with E-state index in [1.807, 2.05) is 38.1 Å². The average molecular weight is 517 g/mol. The van der Waals surface area contributed by atoms with Crippen molar-refractivity contribution in [3.8, 4) is 5.75 Å². The lowest BCUT2D eigenvalue weighted by molar-refractivity contribution is -0.384. The Morgan fingerprint density at radius 1 is 1.05 bits per heavy atom. The summed E-state index contributed by atoms with van der Waals surface area (Å²) >= 11 is 1.02. The number of non-ortho nitro benzene ring substituents is 1. The lowest BCUT2D eigenvalue weighted by atomic mass is 10.1. The average Bonchev–Trinajstić information content (AvgIpc) is 3.22. The molecule has 0 aliphatic rings. The Balaban J connectivity index is 1.73. The highest BCUT2D eigenvalue weighted by molar-refractivity contribution is 7.19. The number of hydrogen-bond acceptors (Lipinski definition) is 8. The first-order valence-electron chi connectivity index (χ1n) is 11.4. The molecule has 4 aromatic rings. The van der Waals surface area contributed by atoms with Gasteiger partial charge in [-0.15, -0.1) is 11.3 Å². The van der Waals surface area contributed by atoms with Crippen LogP contribution in [0.25, 0.3) is 0 Å². The van der Waals surface area contributed by atoms with Crippen molar-refractivity contribution in [1.29, 1.82) is 0 Å². The molecular formula is C27H24N4O5S. The first kappa shape index (κ1) is 25.4. The summed E-state index contributed by atoms with van der Waals surface area (Å²) in [5.74, 6) is -0.353. The van der Waals surface area contributed by atoms with E-state index in [0.717, 1.165) is 22.6 Å². The van der Waals surface area contributed by atoms with Crippen LogP contribution in [0.15, 0.2) is 72.8 Å². The van der Waals surface area contributed by atoms with Gasteiger partial charge in [0, 0.05) is 29.1 Å². The zero-order chi connectivity index (χ0) is 26.5. The van der Waals surface area contributed by atoms with Crippen molar-refractivity contribution in [3.05, 3.63) is 104 Å². The molecule has 1 aromatic heterocycles. The molecule has 0 unspecified atom stereocenters. The number of carbonyl (C=O) groups is 2. The number of amides is 1. The molecular weight excluding hydrogens is 492 g/mol. The summed E-state index contributed by atoms with van der Waals surface area (Å²) in [6.07, 6.45) is 0. The number of ether oxygens (including phenoxy) is 1. The number of thiophene rings is 1. The lowest BCUT2D eigenvalue weighted by Gasteiger charge is -2.11. The van der Waals surface area contributed by atoms with Gasteiger partial charge in [0.1, 0.15) is 15.6 Å². The van der Waals surface area contributed by atoms with E-state index in [2.05, 4.69) is 10.6 Å². The molecule has 37 heavy (non-hydrogen) atoms. The number of nitro groups is 1. The molecule has 0 atom stereocenters. The number of nitro benzene ring substituents is 1. The van der Waals surface area contributed by atoms with Gasteiger partial charge >= 0.3 is 0 Å². The maximum atomic E-state index is 13.4. The van der Waals surface area contributed by atoms with Crippen LogP contribution in [0.4, 0.5) is 27.8 Å². The van der Waals surface area contributed by atoms with E-state index >= 15 is 0 Å². The Morgan fingerprint density at radius 3 is 2.46 bits per heavy atom. The Bertz CT molecular complexity index is 1480. The number of carbonyl (C=O) groups excluding carboxylic acids is 2. The van der Waals surface area contributed by atoms with Gasteiger partial charge in [-0.2, -0.15) is 0 Å². The van der Waals surface area contributed by atoms with Gasteiger partial charge in [0.05, 0.1) is 22.8 Å². The van der Waals surface area contributed by atoms with E-state index < -0.39 is 16.6 Å². The van der Waals surface area contributed by atoms with Crippen molar-refractivity contribution in [2.45, 2.75) is 13.8 Å². The molecule has 188 valence electrons.